The second-order valence-electron chi connectivity index (χ2n) is 6.81. The monoisotopic (exact) mass is 337 g/mol. The molecule has 0 aliphatic carbocycles. The second kappa shape index (κ2) is 5.60. The molecule has 0 atom stereocenters. The lowest BCUT2D eigenvalue weighted by molar-refractivity contribution is 1.13. The molecule has 26 heavy (non-hydrogen) atoms. The largest absolute Gasteiger partial charge is 0.378 e. The number of para-hydroxylation sites is 3. The van der Waals surface area contributed by atoms with E-state index in [-0.39, 0.29) is 0 Å². The molecule has 0 amide bonds. The lowest BCUT2D eigenvalue weighted by atomic mass is 10.1. The third-order valence-corrected chi connectivity index (χ3v) is 4.97. The molecule has 2 aromatic heterocycles. The second-order valence-corrected chi connectivity index (χ2v) is 6.81. The normalized spacial score (nSPS) is 11.5. The van der Waals surface area contributed by atoms with Gasteiger partial charge >= 0.3 is 0 Å². The van der Waals surface area contributed by atoms with E-state index in [0.717, 1.165) is 27.8 Å². The van der Waals surface area contributed by atoms with Crippen LogP contribution in [0.25, 0.3) is 38.7 Å². The van der Waals surface area contributed by atoms with Crippen molar-refractivity contribution in [3.8, 4) is 11.3 Å². The van der Waals surface area contributed by atoms with Crippen molar-refractivity contribution in [1.82, 2.24) is 9.38 Å². The summed E-state index contributed by atoms with van der Waals surface area (Å²) in [5.74, 6) is 0. The molecular weight excluding hydrogens is 318 g/mol. The van der Waals surface area contributed by atoms with Crippen LogP contribution >= 0.6 is 0 Å². The zero-order valence-corrected chi connectivity index (χ0v) is 14.8. The minimum absolute atomic E-state index is 1.01. The van der Waals surface area contributed by atoms with Gasteiger partial charge in [0.2, 0.25) is 0 Å². The molecule has 3 aromatic carbocycles. The molecule has 3 heteroatoms. The van der Waals surface area contributed by atoms with Crippen molar-refractivity contribution >= 4 is 33.1 Å². The highest BCUT2D eigenvalue weighted by Crippen LogP contribution is 2.32. The summed E-state index contributed by atoms with van der Waals surface area (Å²) < 4.78 is 2.33. The molecule has 0 unspecified atom stereocenters. The Bertz CT molecular complexity index is 1250. The van der Waals surface area contributed by atoms with Crippen molar-refractivity contribution in [2.45, 2.75) is 0 Å². The number of anilines is 1. The van der Waals surface area contributed by atoms with Gasteiger partial charge in [-0.3, -0.25) is 0 Å². The Kier molecular flexibility index (Phi) is 3.22. The summed E-state index contributed by atoms with van der Waals surface area (Å²) in [4.78, 5) is 7.12. The molecule has 0 aliphatic heterocycles. The summed E-state index contributed by atoms with van der Waals surface area (Å²) >= 11 is 0. The molecule has 3 nitrogen and oxygen atoms in total. The Labute approximate surface area is 152 Å². The van der Waals surface area contributed by atoms with Crippen LogP contribution in [0.15, 0.2) is 78.9 Å². The fourth-order valence-electron chi connectivity index (χ4n) is 3.64. The zero-order chi connectivity index (χ0) is 17.7. The summed E-state index contributed by atoms with van der Waals surface area (Å²) in [7, 11) is 4.11. The first-order chi connectivity index (χ1) is 12.7. The minimum atomic E-state index is 1.01. The van der Waals surface area contributed by atoms with Crippen LogP contribution in [-0.2, 0) is 0 Å². The number of nitrogens with zero attached hydrogens (tertiary/aromatic N) is 3. The molecule has 0 saturated carbocycles. The molecule has 0 aliphatic rings. The van der Waals surface area contributed by atoms with Crippen LogP contribution < -0.4 is 4.90 Å². The van der Waals surface area contributed by atoms with Crippen molar-refractivity contribution in [2.24, 2.45) is 0 Å². The molecule has 5 rings (SSSR count). The van der Waals surface area contributed by atoms with E-state index in [9.17, 15) is 0 Å². The highest BCUT2D eigenvalue weighted by molar-refractivity contribution is 5.98. The lowest BCUT2D eigenvalue weighted by Gasteiger charge is -2.13. The highest BCUT2D eigenvalue weighted by atomic mass is 15.1. The maximum Gasteiger partial charge on any atom is 0.0950 e. The first-order valence-electron chi connectivity index (χ1n) is 8.79. The van der Waals surface area contributed by atoms with Gasteiger partial charge in [-0.05, 0) is 36.4 Å². The topological polar surface area (TPSA) is 20.5 Å². The number of hydrogen-bond donors (Lipinski definition) is 0. The summed E-state index contributed by atoms with van der Waals surface area (Å²) in [5.41, 5.74) is 7.84. The SMILES string of the molecule is CN(C)c1ccc(-c2nc3ccccc3n3c2cc2ccccc23)cc1. The summed E-state index contributed by atoms with van der Waals surface area (Å²) in [5, 5.41) is 1.23. The van der Waals surface area contributed by atoms with Gasteiger partial charge in [0.05, 0.1) is 27.8 Å². The summed E-state index contributed by atoms with van der Waals surface area (Å²) in [6, 6.07) is 27.7. The van der Waals surface area contributed by atoms with E-state index in [0.29, 0.717) is 0 Å². The maximum absolute atomic E-state index is 5.01. The lowest BCUT2D eigenvalue weighted by Crippen LogP contribution is -2.08. The minimum Gasteiger partial charge on any atom is -0.378 e. The van der Waals surface area contributed by atoms with E-state index < -0.39 is 0 Å². The van der Waals surface area contributed by atoms with Gasteiger partial charge in [-0.15, -0.1) is 0 Å². The first kappa shape index (κ1) is 15.0. The molecule has 5 aromatic rings. The number of aromatic nitrogens is 2. The van der Waals surface area contributed by atoms with Gasteiger partial charge in [-0.1, -0.05) is 42.5 Å². The van der Waals surface area contributed by atoms with Crippen LogP contribution in [0.3, 0.4) is 0 Å². The fraction of sp³-hybridized carbons (Fsp3) is 0.0870. The Hall–Kier alpha value is -3.33. The quantitative estimate of drug-likeness (QED) is 0.431. The van der Waals surface area contributed by atoms with Crippen LogP contribution in [-0.4, -0.2) is 23.5 Å². The van der Waals surface area contributed by atoms with Crippen LogP contribution in [0.2, 0.25) is 0 Å². The summed E-state index contributed by atoms with van der Waals surface area (Å²) in [6.07, 6.45) is 0. The smallest absolute Gasteiger partial charge is 0.0950 e. The van der Waals surface area contributed by atoms with Crippen LogP contribution in [0.4, 0.5) is 5.69 Å². The van der Waals surface area contributed by atoms with Crippen molar-refractivity contribution in [3.05, 3.63) is 78.9 Å². The number of rotatable bonds is 2. The molecule has 0 spiro atoms. The highest BCUT2D eigenvalue weighted by Gasteiger charge is 2.13. The molecule has 126 valence electrons. The Morgan fingerprint density at radius 1 is 0.731 bits per heavy atom. The van der Waals surface area contributed by atoms with E-state index in [2.05, 4.69) is 96.2 Å². The van der Waals surface area contributed by atoms with Gasteiger partial charge in [-0.25, -0.2) is 4.98 Å². The average molecular weight is 337 g/mol. The van der Waals surface area contributed by atoms with Crippen molar-refractivity contribution in [2.75, 3.05) is 19.0 Å². The zero-order valence-electron chi connectivity index (χ0n) is 14.8. The van der Waals surface area contributed by atoms with Crippen LogP contribution in [0, 0.1) is 0 Å². The van der Waals surface area contributed by atoms with Gasteiger partial charge in [0.25, 0.3) is 0 Å². The number of fused-ring (bicyclic) bond motifs is 5. The van der Waals surface area contributed by atoms with Gasteiger partial charge in [0, 0.05) is 30.7 Å². The number of hydrogen-bond acceptors (Lipinski definition) is 2. The molecule has 0 fully saturated rings. The van der Waals surface area contributed by atoms with Crippen LogP contribution in [0.5, 0.6) is 0 Å². The third-order valence-electron chi connectivity index (χ3n) is 4.97. The maximum atomic E-state index is 5.01. The van der Waals surface area contributed by atoms with Gasteiger partial charge < -0.3 is 9.30 Å². The predicted octanol–water partition coefficient (Wildman–Crippen LogP) is 5.37. The van der Waals surface area contributed by atoms with E-state index >= 15 is 0 Å². The number of benzene rings is 3. The molecule has 0 radical (unpaired) electrons. The van der Waals surface area contributed by atoms with E-state index in [1.54, 1.807) is 0 Å². The fourth-order valence-corrected chi connectivity index (χ4v) is 3.64. The average Bonchev–Trinajstić information content (AvgIpc) is 3.07. The molecule has 0 bridgehead atoms. The van der Waals surface area contributed by atoms with Crippen molar-refractivity contribution < 1.29 is 0 Å². The predicted molar refractivity (Wildman–Crippen MR) is 110 cm³/mol. The first-order valence-corrected chi connectivity index (χ1v) is 8.79. The Morgan fingerprint density at radius 2 is 1.42 bits per heavy atom. The summed E-state index contributed by atoms with van der Waals surface area (Å²) in [6.45, 7) is 0. The van der Waals surface area contributed by atoms with Crippen LogP contribution in [0.1, 0.15) is 0 Å². The van der Waals surface area contributed by atoms with E-state index in [4.69, 9.17) is 4.98 Å². The molecule has 0 saturated heterocycles. The van der Waals surface area contributed by atoms with E-state index in [1.807, 2.05) is 6.07 Å². The van der Waals surface area contributed by atoms with E-state index in [1.165, 1.54) is 16.6 Å². The standard InChI is InChI=1S/C23H19N3/c1-25(2)18-13-11-16(12-14-18)23-22-15-17-7-3-5-9-20(17)26(22)21-10-6-4-8-19(21)24-23/h3-15H,1-2H3. The molecule has 2 heterocycles. The van der Waals surface area contributed by atoms with Gasteiger partial charge in [-0.2, -0.15) is 0 Å². The van der Waals surface area contributed by atoms with Gasteiger partial charge in [0.1, 0.15) is 0 Å². The Balaban J connectivity index is 1.89. The molecule has 0 N–H and O–H groups in total. The van der Waals surface area contributed by atoms with Gasteiger partial charge in [0.15, 0.2) is 0 Å². The van der Waals surface area contributed by atoms with Crippen molar-refractivity contribution in [1.29, 1.82) is 0 Å². The third kappa shape index (κ3) is 2.17. The van der Waals surface area contributed by atoms with Crippen molar-refractivity contribution in [3.63, 3.8) is 0 Å². The Morgan fingerprint density at radius 3 is 2.19 bits per heavy atom. The molecular formula is C23H19N3.